The van der Waals surface area contributed by atoms with Crippen molar-refractivity contribution in [2.45, 2.75) is 19.4 Å². The van der Waals surface area contributed by atoms with Gasteiger partial charge in [0.25, 0.3) is 5.56 Å². The average Bonchev–Trinajstić information content (AvgIpc) is 2.91. The van der Waals surface area contributed by atoms with Gasteiger partial charge in [-0.25, -0.2) is 0 Å². The third-order valence-corrected chi connectivity index (χ3v) is 4.57. The van der Waals surface area contributed by atoms with E-state index in [1.807, 2.05) is 17.9 Å². The second kappa shape index (κ2) is 5.91. The van der Waals surface area contributed by atoms with Crippen molar-refractivity contribution in [3.8, 4) is 5.69 Å². The molecule has 1 saturated heterocycles. The third kappa shape index (κ3) is 2.72. The molecule has 5 nitrogen and oxygen atoms in total. The van der Waals surface area contributed by atoms with E-state index in [0.717, 1.165) is 5.56 Å². The number of hydrogen-bond acceptors (Lipinski definition) is 4. The van der Waals surface area contributed by atoms with Gasteiger partial charge >= 0.3 is 0 Å². The molecule has 1 aliphatic rings. The molecule has 0 unspecified atom stereocenters. The zero-order valence-corrected chi connectivity index (χ0v) is 13.5. The van der Waals surface area contributed by atoms with E-state index in [2.05, 4.69) is 5.10 Å². The van der Waals surface area contributed by atoms with Crippen molar-refractivity contribution in [2.24, 2.45) is 0 Å². The number of aliphatic hydroxyl groups excluding tert-OH is 1. The van der Waals surface area contributed by atoms with Crippen molar-refractivity contribution in [2.75, 3.05) is 18.0 Å². The first-order chi connectivity index (χ1) is 10.5. The van der Waals surface area contributed by atoms with E-state index in [1.165, 1.54) is 4.68 Å². The SMILES string of the molecule is Cc1ccc(-n2ncc(N3CC[C@H](O)C3)c(Cl)c2=O)cc1Cl. The molecule has 0 amide bonds. The van der Waals surface area contributed by atoms with Gasteiger partial charge in [-0.05, 0) is 31.0 Å². The maximum atomic E-state index is 12.5. The van der Waals surface area contributed by atoms with E-state index in [9.17, 15) is 9.90 Å². The second-order valence-electron chi connectivity index (χ2n) is 5.38. The minimum absolute atomic E-state index is 0.0980. The van der Waals surface area contributed by atoms with Crippen LogP contribution in [0.4, 0.5) is 5.69 Å². The largest absolute Gasteiger partial charge is 0.391 e. The summed E-state index contributed by atoms with van der Waals surface area (Å²) in [4.78, 5) is 14.3. The lowest BCUT2D eigenvalue weighted by Gasteiger charge is -2.19. The third-order valence-electron chi connectivity index (χ3n) is 3.80. The van der Waals surface area contributed by atoms with E-state index in [-0.39, 0.29) is 5.02 Å². The number of rotatable bonds is 2. The summed E-state index contributed by atoms with van der Waals surface area (Å²) in [6, 6.07) is 5.27. The Labute approximate surface area is 137 Å². The number of nitrogens with zero attached hydrogens (tertiary/aromatic N) is 3. The number of hydrogen-bond donors (Lipinski definition) is 1. The van der Waals surface area contributed by atoms with E-state index in [4.69, 9.17) is 23.2 Å². The summed E-state index contributed by atoms with van der Waals surface area (Å²) < 4.78 is 1.23. The molecule has 0 radical (unpaired) electrons. The molecule has 2 aromatic rings. The number of anilines is 1. The summed E-state index contributed by atoms with van der Waals surface area (Å²) in [5.41, 5.74) is 1.64. The van der Waals surface area contributed by atoms with Gasteiger partial charge in [0.2, 0.25) is 0 Å². The number of benzene rings is 1. The van der Waals surface area contributed by atoms with Crippen molar-refractivity contribution in [1.82, 2.24) is 9.78 Å². The van der Waals surface area contributed by atoms with Crippen LogP contribution in [-0.4, -0.2) is 34.1 Å². The molecular weight excluding hydrogens is 325 g/mol. The molecule has 0 bridgehead atoms. The van der Waals surface area contributed by atoms with Crippen molar-refractivity contribution in [3.63, 3.8) is 0 Å². The number of β-amino-alcohol motifs (C(OH)–C–C–N with tert-alkyl or cyclic N) is 1. The first-order valence-electron chi connectivity index (χ1n) is 6.94. The Morgan fingerprint density at radius 2 is 2.14 bits per heavy atom. The molecule has 22 heavy (non-hydrogen) atoms. The first kappa shape index (κ1) is 15.3. The fourth-order valence-corrected chi connectivity index (χ4v) is 2.93. The van der Waals surface area contributed by atoms with Crippen LogP contribution < -0.4 is 10.5 Å². The predicted molar refractivity (Wildman–Crippen MR) is 87.4 cm³/mol. The Balaban J connectivity index is 2.03. The van der Waals surface area contributed by atoms with Gasteiger partial charge in [-0.2, -0.15) is 9.78 Å². The van der Waals surface area contributed by atoms with Gasteiger partial charge in [0.05, 0.1) is 23.7 Å². The number of halogens is 2. The van der Waals surface area contributed by atoms with Crippen LogP contribution in [0.15, 0.2) is 29.2 Å². The van der Waals surface area contributed by atoms with Crippen LogP contribution >= 0.6 is 23.2 Å². The Hall–Kier alpha value is -1.56. The molecule has 116 valence electrons. The van der Waals surface area contributed by atoms with Gasteiger partial charge in [0.15, 0.2) is 0 Å². The topological polar surface area (TPSA) is 58.4 Å². The fraction of sp³-hybridized carbons (Fsp3) is 0.333. The second-order valence-corrected chi connectivity index (χ2v) is 6.17. The molecule has 7 heteroatoms. The Kier molecular flexibility index (Phi) is 4.12. The normalized spacial score (nSPS) is 18.0. The zero-order chi connectivity index (χ0) is 15.9. The van der Waals surface area contributed by atoms with E-state index in [1.54, 1.807) is 18.3 Å². The molecule has 0 aliphatic carbocycles. The Morgan fingerprint density at radius 3 is 2.77 bits per heavy atom. The molecule has 0 saturated carbocycles. The summed E-state index contributed by atoms with van der Waals surface area (Å²) in [5, 5.41) is 14.5. The van der Waals surface area contributed by atoms with Crippen LogP contribution in [0.2, 0.25) is 10.0 Å². The van der Waals surface area contributed by atoms with Crippen LogP contribution in [0.5, 0.6) is 0 Å². The van der Waals surface area contributed by atoms with Crippen LogP contribution in [0, 0.1) is 6.92 Å². The summed E-state index contributed by atoms with van der Waals surface area (Å²) in [6.45, 7) is 3.00. The number of aryl methyl sites for hydroxylation is 1. The average molecular weight is 340 g/mol. The molecule has 1 aromatic carbocycles. The van der Waals surface area contributed by atoms with Gasteiger partial charge in [-0.1, -0.05) is 29.3 Å². The van der Waals surface area contributed by atoms with Crippen molar-refractivity contribution in [3.05, 3.63) is 50.4 Å². The number of aromatic nitrogens is 2. The van der Waals surface area contributed by atoms with Gasteiger partial charge < -0.3 is 10.0 Å². The molecule has 1 aromatic heterocycles. The van der Waals surface area contributed by atoms with Crippen molar-refractivity contribution in [1.29, 1.82) is 0 Å². The lowest BCUT2D eigenvalue weighted by Crippen LogP contribution is -2.28. The van der Waals surface area contributed by atoms with Gasteiger partial charge in [-0.3, -0.25) is 4.79 Å². The predicted octanol–water partition coefficient (Wildman–Crippen LogP) is 2.42. The highest BCUT2D eigenvalue weighted by atomic mass is 35.5. The minimum atomic E-state index is -0.402. The van der Waals surface area contributed by atoms with Crippen LogP contribution in [-0.2, 0) is 0 Å². The van der Waals surface area contributed by atoms with E-state index in [0.29, 0.717) is 35.9 Å². The summed E-state index contributed by atoms with van der Waals surface area (Å²) >= 11 is 12.3. The van der Waals surface area contributed by atoms with Crippen LogP contribution in [0.3, 0.4) is 0 Å². The van der Waals surface area contributed by atoms with E-state index >= 15 is 0 Å². The monoisotopic (exact) mass is 339 g/mol. The maximum Gasteiger partial charge on any atom is 0.292 e. The molecule has 1 fully saturated rings. The van der Waals surface area contributed by atoms with Crippen molar-refractivity contribution >= 4 is 28.9 Å². The molecule has 1 atom stereocenters. The van der Waals surface area contributed by atoms with Crippen LogP contribution in [0.25, 0.3) is 5.69 Å². The molecule has 1 N–H and O–H groups in total. The first-order valence-corrected chi connectivity index (χ1v) is 7.70. The maximum absolute atomic E-state index is 12.5. The highest BCUT2D eigenvalue weighted by molar-refractivity contribution is 6.33. The van der Waals surface area contributed by atoms with Gasteiger partial charge in [0, 0.05) is 18.1 Å². The number of aliphatic hydroxyl groups is 1. The van der Waals surface area contributed by atoms with Crippen molar-refractivity contribution < 1.29 is 5.11 Å². The summed E-state index contributed by atoms with van der Waals surface area (Å²) in [7, 11) is 0. The highest BCUT2D eigenvalue weighted by Crippen LogP contribution is 2.26. The lowest BCUT2D eigenvalue weighted by atomic mass is 10.2. The summed E-state index contributed by atoms with van der Waals surface area (Å²) in [5.74, 6) is 0. The molecule has 2 heterocycles. The van der Waals surface area contributed by atoms with Gasteiger partial charge in [-0.15, -0.1) is 0 Å². The van der Waals surface area contributed by atoms with Gasteiger partial charge in [0.1, 0.15) is 5.02 Å². The standard InChI is InChI=1S/C15H15Cl2N3O2/c1-9-2-3-10(6-12(9)16)20-15(22)14(17)13(7-18-20)19-5-4-11(21)8-19/h2-3,6-7,11,21H,4-5,8H2,1H3/t11-/m0/s1. The quantitative estimate of drug-likeness (QED) is 0.912. The zero-order valence-electron chi connectivity index (χ0n) is 12.0. The molecular formula is C15H15Cl2N3O2. The molecule has 0 spiro atoms. The lowest BCUT2D eigenvalue weighted by molar-refractivity contribution is 0.198. The molecule has 1 aliphatic heterocycles. The highest BCUT2D eigenvalue weighted by Gasteiger charge is 2.24. The van der Waals surface area contributed by atoms with Crippen LogP contribution in [0.1, 0.15) is 12.0 Å². The summed E-state index contributed by atoms with van der Waals surface area (Å²) in [6.07, 6.45) is 1.82. The smallest absolute Gasteiger partial charge is 0.292 e. The van der Waals surface area contributed by atoms with E-state index < -0.39 is 11.7 Å². The molecule has 3 rings (SSSR count). The Bertz CT molecular complexity index is 776. The Morgan fingerprint density at radius 1 is 1.36 bits per heavy atom. The fourth-order valence-electron chi connectivity index (χ4n) is 2.50. The minimum Gasteiger partial charge on any atom is -0.391 e.